The number of amides is 1. The van der Waals surface area contributed by atoms with Gasteiger partial charge >= 0.3 is 0 Å². The van der Waals surface area contributed by atoms with E-state index >= 15 is 0 Å². The number of aromatic nitrogens is 2. The lowest BCUT2D eigenvalue weighted by atomic mass is 10.0. The van der Waals surface area contributed by atoms with Gasteiger partial charge in [-0.05, 0) is 18.1 Å². The molecule has 5 nitrogen and oxygen atoms in total. The number of nitrogens with two attached hydrogens (primary N) is 1. The van der Waals surface area contributed by atoms with E-state index in [1.54, 1.807) is 4.68 Å². The lowest BCUT2D eigenvalue weighted by Gasteiger charge is -2.11. The number of hydrogen-bond donors (Lipinski definition) is 2. The van der Waals surface area contributed by atoms with Crippen LogP contribution < -0.4 is 11.1 Å². The molecule has 0 aliphatic heterocycles. The standard InChI is InChI=1S/C15H20N4O/c1-19-10-9-13(18-19)11-17-15(20)8-7-14(16)12-5-3-2-4-6-12/h2-6,9-10,14H,7-8,11,16H2,1H3,(H,17,20). The lowest BCUT2D eigenvalue weighted by molar-refractivity contribution is -0.121. The predicted octanol–water partition coefficient (Wildman–Crippen LogP) is 1.52. The van der Waals surface area contributed by atoms with Gasteiger partial charge < -0.3 is 11.1 Å². The van der Waals surface area contributed by atoms with Crippen LogP contribution >= 0.6 is 0 Å². The third-order valence-corrected chi connectivity index (χ3v) is 3.15. The molecular weight excluding hydrogens is 252 g/mol. The fourth-order valence-corrected chi connectivity index (χ4v) is 1.99. The number of nitrogens with one attached hydrogen (secondary N) is 1. The Hall–Kier alpha value is -2.14. The van der Waals surface area contributed by atoms with E-state index < -0.39 is 0 Å². The Morgan fingerprint density at radius 1 is 1.35 bits per heavy atom. The molecule has 1 unspecified atom stereocenters. The van der Waals surface area contributed by atoms with E-state index in [4.69, 9.17) is 5.73 Å². The van der Waals surface area contributed by atoms with Gasteiger partial charge in [-0.3, -0.25) is 9.48 Å². The first-order valence-electron chi connectivity index (χ1n) is 6.71. The minimum atomic E-state index is -0.100. The highest BCUT2D eigenvalue weighted by Crippen LogP contribution is 2.14. The first kappa shape index (κ1) is 14.3. The molecule has 0 aliphatic rings. The predicted molar refractivity (Wildman–Crippen MR) is 77.7 cm³/mol. The van der Waals surface area contributed by atoms with Gasteiger partial charge in [0.25, 0.3) is 0 Å². The molecule has 0 saturated carbocycles. The molecule has 2 aromatic rings. The summed E-state index contributed by atoms with van der Waals surface area (Å²) in [5, 5.41) is 7.05. The van der Waals surface area contributed by atoms with Gasteiger partial charge in [-0.1, -0.05) is 30.3 Å². The second-order valence-corrected chi connectivity index (χ2v) is 4.81. The molecule has 1 amide bonds. The van der Waals surface area contributed by atoms with Crippen molar-refractivity contribution < 1.29 is 4.79 Å². The Morgan fingerprint density at radius 3 is 2.75 bits per heavy atom. The molecule has 5 heteroatoms. The third-order valence-electron chi connectivity index (χ3n) is 3.15. The van der Waals surface area contributed by atoms with Crippen molar-refractivity contribution in [3.8, 4) is 0 Å². The van der Waals surface area contributed by atoms with E-state index in [1.165, 1.54) is 0 Å². The number of carbonyl (C=O) groups is 1. The summed E-state index contributed by atoms with van der Waals surface area (Å²) in [6.07, 6.45) is 2.91. The zero-order valence-corrected chi connectivity index (χ0v) is 11.6. The molecule has 0 spiro atoms. The van der Waals surface area contributed by atoms with Gasteiger partial charge in [0.15, 0.2) is 0 Å². The van der Waals surface area contributed by atoms with E-state index in [0.717, 1.165) is 11.3 Å². The molecule has 0 radical (unpaired) electrons. The Balaban J connectivity index is 1.72. The quantitative estimate of drug-likeness (QED) is 0.837. The van der Waals surface area contributed by atoms with Crippen molar-refractivity contribution in [1.29, 1.82) is 0 Å². The molecule has 0 bridgehead atoms. The number of carbonyl (C=O) groups excluding carboxylic acids is 1. The van der Waals surface area contributed by atoms with Crippen LogP contribution in [-0.4, -0.2) is 15.7 Å². The molecule has 0 aliphatic carbocycles. The van der Waals surface area contributed by atoms with Crippen molar-refractivity contribution in [2.24, 2.45) is 12.8 Å². The minimum Gasteiger partial charge on any atom is -0.350 e. The summed E-state index contributed by atoms with van der Waals surface area (Å²) >= 11 is 0. The number of rotatable bonds is 6. The van der Waals surface area contributed by atoms with Crippen molar-refractivity contribution in [2.45, 2.75) is 25.4 Å². The summed E-state index contributed by atoms with van der Waals surface area (Å²) in [7, 11) is 1.85. The van der Waals surface area contributed by atoms with Gasteiger partial charge in [0.2, 0.25) is 5.91 Å². The summed E-state index contributed by atoms with van der Waals surface area (Å²) in [5.74, 6) is 0.00188. The summed E-state index contributed by atoms with van der Waals surface area (Å²) in [6.45, 7) is 0.459. The maximum atomic E-state index is 11.8. The van der Waals surface area contributed by atoms with E-state index in [-0.39, 0.29) is 11.9 Å². The summed E-state index contributed by atoms with van der Waals surface area (Å²) in [5.41, 5.74) is 7.97. The SMILES string of the molecule is Cn1ccc(CNC(=O)CCC(N)c2ccccc2)n1. The highest BCUT2D eigenvalue weighted by atomic mass is 16.1. The Kier molecular flexibility index (Phi) is 4.90. The Labute approximate surface area is 118 Å². The largest absolute Gasteiger partial charge is 0.350 e. The second kappa shape index (κ2) is 6.86. The van der Waals surface area contributed by atoms with Crippen LogP contribution in [-0.2, 0) is 18.4 Å². The molecule has 0 saturated heterocycles. The first-order valence-corrected chi connectivity index (χ1v) is 6.71. The van der Waals surface area contributed by atoms with Gasteiger partial charge in [-0.15, -0.1) is 0 Å². The normalized spacial score (nSPS) is 12.1. The lowest BCUT2D eigenvalue weighted by Crippen LogP contribution is -2.24. The van der Waals surface area contributed by atoms with Crippen LogP contribution in [0.15, 0.2) is 42.6 Å². The molecule has 1 aromatic carbocycles. The van der Waals surface area contributed by atoms with Gasteiger partial charge in [-0.2, -0.15) is 5.10 Å². The maximum absolute atomic E-state index is 11.8. The Bertz CT molecular complexity index is 550. The zero-order chi connectivity index (χ0) is 14.4. The van der Waals surface area contributed by atoms with Crippen molar-refractivity contribution in [1.82, 2.24) is 15.1 Å². The van der Waals surface area contributed by atoms with Crippen LogP contribution in [0.4, 0.5) is 0 Å². The molecular formula is C15H20N4O. The monoisotopic (exact) mass is 272 g/mol. The molecule has 3 N–H and O–H groups in total. The molecule has 1 aromatic heterocycles. The molecule has 1 atom stereocenters. The maximum Gasteiger partial charge on any atom is 0.220 e. The average Bonchev–Trinajstić information content (AvgIpc) is 2.89. The number of hydrogen-bond acceptors (Lipinski definition) is 3. The van der Waals surface area contributed by atoms with E-state index in [9.17, 15) is 4.79 Å². The second-order valence-electron chi connectivity index (χ2n) is 4.81. The third kappa shape index (κ3) is 4.20. The summed E-state index contributed by atoms with van der Waals surface area (Å²) < 4.78 is 1.72. The first-order chi connectivity index (χ1) is 9.65. The van der Waals surface area contributed by atoms with E-state index in [0.29, 0.717) is 19.4 Å². The van der Waals surface area contributed by atoms with Crippen LogP contribution in [0.1, 0.15) is 30.1 Å². The van der Waals surface area contributed by atoms with Gasteiger partial charge in [-0.25, -0.2) is 0 Å². The summed E-state index contributed by atoms with van der Waals surface area (Å²) in [4.78, 5) is 11.8. The zero-order valence-electron chi connectivity index (χ0n) is 11.6. The number of nitrogens with zero attached hydrogens (tertiary/aromatic N) is 2. The van der Waals surface area contributed by atoms with Crippen molar-refractivity contribution >= 4 is 5.91 Å². The topological polar surface area (TPSA) is 72.9 Å². The number of aryl methyl sites for hydroxylation is 1. The fourth-order valence-electron chi connectivity index (χ4n) is 1.99. The summed E-state index contributed by atoms with van der Waals surface area (Å²) in [6, 6.07) is 11.6. The number of benzene rings is 1. The van der Waals surface area contributed by atoms with Crippen molar-refractivity contribution in [3.63, 3.8) is 0 Å². The highest BCUT2D eigenvalue weighted by molar-refractivity contribution is 5.75. The fraction of sp³-hybridized carbons (Fsp3) is 0.333. The van der Waals surface area contributed by atoms with Crippen LogP contribution in [0.5, 0.6) is 0 Å². The molecule has 2 rings (SSSR count). The smallest absolute Gasteiger partial charge is 0.220 e. The molecule has 20 heavy (non-hydrogen) atoms. The van der Waals surface area contributed by atoms with Crippen molar-refractivity contribution in [3.05, 3.63) is 53.9 Å². The van der Waals surface area contributed by atoms with Crippen LogP contribution in [0.3, 0.4) is 0 Å². The van der Waals surface area contributed by atoms with Crippen LogP contribution in [0.25, 0.3) is 0 Å². The minimum absolute atomic E-state index is 0.00188. The van der Waals surface area contributed by atoms with E-state index in [1.807, 2.05) is 49.6 Å². The van der Waals surface area contributed by atoms with Gasteiger partial charge in [0, 0.05) is 25.7 Å². The average molecular weight is 272 g/mol. The van der Waals surface area contributed by atoms with Gasteiger partial charge in [0.1, 0.15) is 0 Å². The van der Waals surface area contributed by atoms with E-state index in [2.05, 4.69) is 10.4 Å². The highest BCUT2D eigenvalue weighted by Gasteiger charge is 2.09. The molecule has 1 heterocycles. The molecule has 0 fully saturated rings. The van der Waals surface area contributed by atoms with Crippen LogP contribution in [0.2, 0.25) is 0 Å². The van der Waals surface area contributed by atoms with Crippen molar-refractivity contribution in [2.75, 3.05) is 0 Å². The van der Waals surface area contributed by atoms with Crippen LogP contribution in [0, 0.1) is 0 Å². The molecule has 106 valence electrons. The Morgan fingerprint density at radius 2 is 2.10 bits per heavy atom. The van der Waals surface area contributed by atoms with Gasteiger partial charge in [0.05, 0.1) is 12.2 Å².